The van der Waals surface area contributed by atoms with Gasteiger partial charge in [0.05, 0.1) is 11.2 Å². The molecule has 1 aromatic carbocycles. The summed E-state index contributed by atoms with van der Waals surface area (Å²) in [5.74, 6) is 0. The molecule has 0 amide bonds. The molecule has 2 N–H and O–H groups in total. The van der Waals surface area contributed by atoms with E-state index in [4.69, 9.17) is 5.73 Å². The third kappa shape index (κ3) is 2.93. The molecule has 1 unspecified atom stereocenters. The number of aromatic nitrogens is 1. The van der Waals surface area contributed by atoms with Crippen LogP contribution in [0.5, 0.6) is 0 Å². The van der Waals surface area contributed by atoms with Crippen molar-refractivity contribution in [3.05, 3.63) is 51.5 Å². The van der Waals surface area contributed by atoms with Crippen LogP contribution in [0.4, 0.5) is 0 Å². The molecule has 0 aliphatic rings. The summed E-state index contributed by atoms with van der Waals surface area (Å²) in [4.78, 5) is 5.44. The minimum Gasteiger partial charge on any atom is -0.323 e. The van der Waals surface area contributed by atoms with Crippen LogP contribution in [-0.4, -0.2) is 4.98 Å². The van der Waals surface area contributed by atoms with E-state index in [0.29, 0.717) is 0 Å². The minimum absolute atomic E-state index is 0.0648. The second kappa shape index (κ2) is 5.43. The first-order chi connectivity index (χ1) is 8.20. The first-order valence-electron chi connectivity index (χ1n) is 5.94. The Morgan fingerprint density at radius 3 is 2.41 bits per heavy atom. The topological polar surface area (TPSA) is 38.9 Å². The van der Waals surface area contributed by atoms with Gasteiger partial charge >= 0.3 is 0 Å². The molecule has 1 atom stereocenters. The summed E-state index contributed by atoms with van der Waals surface area (Å²) in [6.45, 7) is 4.19. The molecular formula is C14H18N2S. The van der Waals surface area contributed by atoms with Crippen molar-refractivity contribution in [3.63, 3.8) is 0 Å². The van der Waals surface area contributed by atoms with Crippen LogP contribution in [0, 0.1) is 6.92 Å². The molecule has 0 radical (unpaired) electrons. The molecule has 2 aromatic rings. The Bertz CT molecular complexity index is 473. The zero-order valence-electron chi connectivity index (χ0n) is 10.3. The van der Waals surface area contributed by atoms with Gasteiger partial charge in [0.25, 0.3) is 0 Å². The summed E-state index contributed by atoms with van der Waals surface area (Å²) < 4.78 is 0. The van der Waals surface area contributed by atoms with Gasteiger partial charge in [-0.25, -0.2) is 4.98 Å². The fraction of sp³-hybridized carbons (Fsp3) is 0.357. The number of aryl methyl sites for hydroxylation is 2. The fourth-order valence-corrected chi connectivity index (χ4v) is 2.73. The molecule has 0 spiro atoms. The van der Waals surface area contributed by atoms with E-state index in [1.807, 2.05) is 12.4 Å². The Balaban J connectivity index is 2.07. The second-order valence-corrected chi connectivity index (χ2v) is 5.17. The maximum absolute atomic E-state index is 6.21. The van der Waals surface area contributed by atoms with Crippen molar-refractivity contribution in [2.45, 2.75) is 32.7 Å². The molecule has 1 heterocycles. The normalized spacial score (nSPS) is 12.6. The summed E-state index contributed by atoms with van der Waals surface area (Å²) >= 11 is 1.65. The predicted molar refractivity (Wildman–Crippen MR) is 73.3 cm³/mol. The molecule has 17 heavy (non-hydrogen) atoms. The molecule has 2 nitrogen and oxygen atoms in total. The first kappa shape index (κ1) is 12.3. The maximum atomic E-state index is 6.21. The minimum atomic E-state index is 0.0648. The van der Waals surface area contributed by atoms with Crippen LogP contribution >= 0.6 is 11.3 Å². The molecule has 3 heteroatoms. The highest BCUT2D eigenvalue weighted by Gasteiger charge is 2.11. The Labute approximate surface area is 107 Å². The molecule has 0 saturated carbocycles. The van der Waals surface area contributed by atoms with Crippen molar-refractivity contribution in [3.8, 4) is 0 Å². The van der Waals surface area contributed by atoms with Crippen molar-refractivity contribution in [1.29, 1.82) is 0 Å². The number of hydrogen-bond acceptors (Lipinski definition) is 3. The van der Waals surface area contributed by atoms with E-state index >= 15 is 0 Å². The molecule has 1 aromatic heterocycles. The van der Waals surface area contributed by atoms with E-state index in [-0.39, 0.29) is 6.04 Å². The number of thiazole rings is 1. The standard InChI is InChI=1S/C14H18N2S/c1-3-11-4-6-12(7-5-11)8-13(15)14-10(2)16-9-17-14/h4-7,9,13H,3,8,15H2,1-2H3. The van der Waals surface area contributed by atoms with Crippen LogP contribution < -0.4 is 5.73 Å². The molecule has 0 saturated heterocycles. The van der Waals surface area contributed by atoms with E-state index in [1.165, 1.54) is 16.0 Å². The lowest BCUT2D eigenvalue weighted by Crippen LogP contribution is -2.13. The summed E-state index contributed by atoms with van der Waals surface area (Å²) in [5.41, 5.74) is 11.8. The highest BCUT2D eigenvalue weighted by Crippen LogP contribution is 2.23. The average molecular weight is 246 g/mol. The molecule has 0 bridgehead atoms. The predicted octanol–water partition coefficient (Wildman–Crippen LogP) is 3.26. The first-order valence-corrected chi connectivity index (χ1v) is 6.82. The molecule has 0 fully saturated rings. The molecule has 2 rings (SSSR count). The van der Waals surface area contributed by atoms with Gasteiger partial charge in [-0.1, -0.05) is 31.2 Å². The lowest BCUT2D eigenvalue weighted by atomic mass is 10.0. The van der Waals surface area contributed by atoms with Crippen molar-refractivity contribution in [2.75, 3.05) is 0 Å². The summed E-state index contributed by atoms with van der Waals surface area (Å²) in [7, 11) is 0. The van der Waals surface area contributed by atoms with E-state index in [2.05, 4.69) is 36.2 Å². The Hall–Kier alpha value is -1.19. The van der Waals surface area contributed by atoms with Crippen LogP contribution in [-0.2, 0) is 12.8 Å². The second-order valence-electron chi connectivity index (χ2n) is 4.28. The van der Waals surface area contributed by atoms with Crippen LogP contribution in [0.15, 0.2) is 29.8 Å². The van der Waals surface area contributed by atoms with Crippen molar-refractivity contribution < 1.29 is 0 Å². The van der Waals surface area contributed by atoms with E-state index in [9.17, 15) is 0 Å². The van der Waals surface area contributed by atoms with Crippen molar-refractivity contribution in [2.24, 2.45) is 5.73 Å². The third-order valence-electron chi connectivity index (χ3n) is 3.01. The van der Waals surface area contributed by atoms with Gasteiger partial charge in [0.2, 0.25) is 0 Å². The highest BCUT2D eigenvalue weighted by atomic mass is 32.1. The van der Waals surface area contributed by atoms with Gasteiger partial charge in [-0.15, -0.1) is 11.3 Å². The van der Waals surface area contributed by atoms with Gasteiger partial charge in [0.15, 0.2) is 0 Å². The number of rotatable bonds is 4. The van der Waals surface area contributed by atoms with Gasteiger partial charge in [-0.2, -0.15) is 0 Å². The van der Waals surface area contributed by atoms with Crippen LogP contribution in [0.2, 0.25) is 0 Å². The van der Waals surface area contributed by atoms with Gasteiger partial charge in [0, 0.05) is 10.9 Å². The lowest BCUT2D eigenvalue weighted by molar-refractivity contribution is 0.728. The Morgan fingerprint density at radius 1 is 1.24 bits per heavy atom. The zero-order chi connectivity index (χ0) is 12.3. The molecule has 90 valence electrons. The van der Waals surface area contributed by atoms with Crippen molar-refractivity contribution >= 4 is 11.3 Å². The smallest absolute Gasteiger partial charge is 0.0798 e. The summed E-state index contributed by atoms with van der Waals surface area (Å²) in [6, 6.07) is 8.78. The van der Waals surface area contributed by atoms with E-state index in [1.54, 1.807) is 11.3 Å². The fourth-order valence-electron chi connectivity index (χ4n) is 1.92. The molecule has 0 aliphatic carbocycles. The van der Waals surface area contributed by atoms with Gasteiger partial charge in [0.1, 0.15) is 0 Å². The zero-order valence-corrected chi connectivity index (χ0v) is 11.1. The average Bonchev–Trinajstić information content (AvgIpc) is 2.76. The lowest BCUT2D eigenvalue weighted by Gasteiger charge is -2.10. The van der Waals surface area contributed by atoms with Gasteiger partial charge in [-0.05, 0) is 30.9 Å². The summed E-state index contributed by atoms with van der Waals surface area (Å²) in [5, 5.41) is 0. The van der Waals surface area contributed by atoms with Crippen LogP contribution in [0.1, 0.15) is 34.7 Å². The van der Waals surface area contributed by atoms with Gasteiger partial charge < -0.3 is 5.73 Å². The Kier molecular flexibility index (Phi) is 3.92. The maximum Gasteiger partial charge on any atom is 0.0798 e. The molecular weight excluding hydrogens is 228 g/mol. The van der Waals surface area contributed by atoms with E-state index < -0.39 is 0 Å². The number of hydrogen-bond donors (Lipinski definition) is 1. The Morgan fingerprint density at radius 2 is 1.88 bits per heavy atom. The number of benzene rings is 1. The van der Waals surface area contributed by atoms with Gasteiger partial charge in [-0.3, -0.25) is 0 Å². The van der Waals surface area contributed by atoms with Crippen LogP contribution in [0.3, 0.4) is 0 Å². The molecule has 0 aliphatic heterocycles. The number of nitrogens with zero attached hydrogens (tertiary/aromatic N) is 1. The number of nitrogens with two attached hydrogens (primary N) is 1. The largest absolute Gasteiger partial charge is 0.323 e. The quantitative estimate of drug-likeness (QED) is 0.899. The monoisotopic (exact) mass is 246 g/mol. The third-order valence-corrected chi connectivity index (χ3v) is 4.07. The summed E-state index contributed by atoms with van der Waals surface area (Å²) in [6.07, 6.45) is 1.97. The van der Waals surface area contributed by atoms with Crippen molar-refractivity contribution in [1.82, 2.24) is 4.98 Å². The highest BCUT2D eigenvalue weighted by molar-refractivity contribution is 7.09. The van der Waals surface area contributed by atoms with E-state index in [0.717, 1.165) is 18.5 Å². The van der Waals surface area contributed by atoms with Crippen LogP contribution in [0.25, 0.3) is 0 Å². The SMILES string of the molecule is CCc1ccc(CC(N)c2scnc2C)cc1.